The molecule has 1 unspecified atom stereocenters. The molecule has 0 saturated carbocycles. The maximum Gasteiger partial charge on any atom is 0.283 e. The molecule has 5 rings (SSSR count). The van der Waals surface area contributed by atoms with Crippen molar-refractivity contribution in [2.75, 3.05) is 13.2 Å². The maximum atomic E-state index is 6.22. The first-order valence-electron chi connectivity index (χ1n) is 9.68. The maximum absolute atomic E-state index is 6.22. The Bertz CT molecular complexity index is 1170. The van der Waals surface area contributed by atoms with Gasteiger partial charge in [-0.15, -0.1) is 0 Å². The van der Waals surface area contributed by atoms with E-state index in [4.69, 9.17) is 24.9 Å². The molecule has 0 fully saturated rings. The summed E-state index contributed by atoms with van der Waals surface area (Å²) in [6.07, 6.45) is 3.59. The number of amidine groups is 1. The van der Waals surface area contributed by atoms with Gasteiger partial charge in [0.1, 0.15) is 30.5 Å². The number of hydrogen-bond acceptors (Lipinski definition) is 6. The number of ether oxygens (including phenoxy) is 3. The fourth-order valence-electron chi connectivity index (χ4n) is 3.84. The van der Waals surface area contributed by atoms with Gasteiger partial charge in [0.05, 0.1) is 0 Å². The first-order valence-corrected chi connectivity index (χ1v) is 9.68. The van der Waals surface area contributed by atoms with Gasteiger partial charge in [-0.1, -0.05) is 18.7 Å². The number of nitrogens with two attached hydrogens (primary N) is 1. The second kappa shape index (κ2) is 6.91. The van der Waals surface area contributed by atoms with Gasteiger partial charge in [0.15, 0.2) is 5.54 Å². The molecule has 1 atom stereocenters. The molecule has 0 aliphatic carbocycles. The summed E-state index contributed by atoms with van der Waals surface area (Å²) in [5, 5.41) is 0. The van der Waals surface area contributed by atoms with Crippen LogP contribution in [-0.4, -0.2) is 24.2 Å². The fraction of sp³-hybridized carbons (Fsp3) is 0.167. The molecule has 1 aromatic heterocycles. The smallest absolute Gasteiger partial charge is 0.283 e. The largest absolute Gasteiger partial charge is 0.489 e. The molecule has 6 heteroatoms. The minimum absolute atomic E-state index is 0.161. The first-order chi connectivity index (χ1) is 14.5. The summed E-state index contributed by atoms with van der Waals surface area (Å²) >= 11 is 0. The van der Waals surface area contributed by atoms with E-state index in [-0.39, 0.29) is 6.02 Å². The zero-order chi connectivity index (χ0) is 20.7. The summed E-state index contributed by atoms with van der Waals surface area (Å²) < 4.78 is 17.7. The van der Waals surface area contributed by atoms with Crippen molar-refractivity contribution < 1.29 is 14.2 Å². The Balaban J connectivity index is 1.66. The van der Waals surface area contributed by atoms with E-state index in [1.54, 1.807) is 6.20 Å². The predicted octanol–water partition coefficient (Wildman–Crippen LogP) is 4.40. The molecule has 30 heavy (non-hydrogen) atoms. The van der Waals surface area contributed by atoms with Gasteiger partial charge in [-0.25, -0.2) is 4.99 Å². The molecule has 2 aliphatic heterocycles. The zero-order valence-corrected chi connectivity index (χ0v) is 16.6. The minimum atomic E-state index is -0.798. The van der Waals surface area contributed by atoms with Crippen LogP contribution < -0.4 is 15.2 Å². The van der Waals surface area contributed by atoms with Gasteiger partial charge in [0.2, 0.25) is 0 Å². The Labute approximate surface area is 174 Å². The monoisotopic (exact) mass is 399 g/mol. The summed E-state index contributed by atoms with van der Waals surface area (Å²) in [6.45, 7) is 6.55. The van der Waals surface area contributed by atoms with E-state index in [2.05, 4.69) is 17.6 Å². The van der Waals surface area contributed by atoms with Crippen LogP contribution in [-0.2, 0) is 10.3 Å². The molecule has 3 heterocycles. The average molecular weight is 399 g/mol. The highest BCUT2D eigenvalue weighted by molar-refractivity contribution is 5.78. The Morgan fingerprint density at radius 2 is 1.93 bits per heavy atom. The van der Waals surface area contributed by atoms with Crippen molar-refractivity contribution in [3.8, 4) is 28.4 Å². The summed E-state index contributed by atoms with van der Waals surface area (Å²) in [7, 11) is 0. The summed E-state index contributed by atoms with van der Waals surface area (Å²) in [5.41, 5.74) is 9.90. The molecule has 2 aliphatic rings. The third kappa shape index (κ3) is 2.97. The van der Waals surface area contributed by atoms with E-state index in [1.165, 1.54) is 0 Å². The Morgan fingerprint density at radius 3 is 2.63 bits per heavy atom. The van der Waals surface area contributed by atoms with Crippen LogP contribution in [0.25, 0.3) is 11.1 Å². The highest BCUT2D eigenvalue weighted by Gasteiger charge is 2.47. The van der Waals surface area contributed by atoms with Gasteiger partial charge < -0.3 is 19.9 Å². The van der Waals surface area contributed by atoms with Crippen molar-refractivity contribution in [2.24, 2.45) is 10.7 Å². The number of hydrogen-bond donors (Lipinski definition) is 1. The number of rotatable bonds is 4. The van der Waals surface area contributed by atoms with Crippen LogP contribution in [0, 0.1) is 0 Å². The van der Waals surface area contributed by atoms with Crippen LogP contribution in [0.3, 0.4) is 0 Å². The van der Waals surface area contributed by atoms with Crippen molar-refractivity contribution >= 4 is 6.02 Å². The minimum Gasteiger partial charge on any atom is -0.489 e. The molecule has 3 aromatic rings. The SMILES string of the molecule is C=C(C)COc1ccc2c(c1)C1(COC(N)=N1)c1cc(-c3cccnc3)ccc1O2. The van der Waals surface area contributed by atoms with Crippen molar-refractivity contribution in [1.82, 2.24) is 4.98 Å². The first kappa shape index (κ1) is 18.2. The van der Waals surface area contributed by atoms with Gasteiger partial charge in [-0.2, -0.15) is 0 Å². The lowest BCUT2D eigenvalue weighted by molar-refractivity contribution is 0.263. The topological polar surface area (TPSA) is 79.0 Å². The van der Waals surface area contributed by atoms with Crippen LogP contribution >= 0.6 is 0 Å². The summed E-state index contributed by atoms with van der Waals surface area (Å²) in [4.78, 5) is 8.97. The van der Waals surface area contributed by atoms with Crippen LogP contribution in [0.5, 0.6) is 17.2 Å². The molecule has 0 saturated heterocycles. The van der Waals surface area contributed by atoms with Crippen molar-refractivity contribution in [3.63, 3.8) is 0 Å². The highest BCUT2D eigenvalue weighted by atomic mass is 16.5. The van der Waals surface area contributed by atoms with E-state index in [1.807, 2.05) is 55.6 Å². The number of fused-ring (bicyclic) bond motifs is 4. The molecule has 1 spiro atoms. The van der Waals surface area contributed by atoms with Gasteiger partial charge in [0.25, 0.3) is 6.02 Å². The summed E-state index contributed by atoms with van der Waals surface area (Å²) in [6, 6.07) is 15.9. The molecular weight excluding hydrogens is 378 g/mol. The number of nitrogens with zero attached hydrogens (tertiary/aromatic N) is 2. The lowest BCUT2D eigenvalue weighted by Gasteiger charge is -2.34. The number of aromatic nitrogens is 1. The van der Waals surface area contributed by atoms with Crippen molar-refractivity contribution in [1.29, 1.82) is 0 Å². The van der Waals surface area contributed by atoms with Crippen LogP contribution in [0.2, 0.25) is 0 Å². The number of aliphatic imine (C=N–C) groups is 1. The average Bonchev–Trinajstić information content (AvgIpc) is 3.15. The van der Waals surface area contributed by atoms with Crippen LogP contribution in [0.1, 0.15) is 18.1 Å². The third-order valence-corrected chi connectivity index (χ3v) is 5.25. The second-order valence-corrected chi connectivity index (χ2v) is 7.56. The number of benzene rings is 2. The second-order valence-electron chi connectivity index (χ2n) is 7.56. The van der Waals surface area contributed by atoms with Gasteiger partial charge in [0, 0.05) is 29.1 Å². The molecule has 150 valence electrons. The van der Waals surface area contributed by atoms with E-state index >= 15 is 0 Å². The number of pyridine rings is 1. The normalized spacial score (nSPS) is 18.6. The molecule has 2 aromatic carbocycles. The van der Waals surface area contributed by atoms with Crippen molar-refractivity contribution in [2.45, 2.75) is 12.5 Å². The quantitative estimate of drug-likeness (QED) is 0.658. The Hall–Kier alpha value is -3.80. The lowest BCUT2D eigenvalue weighted by Crippen LogP contribution is -2.31. The van der Waals surface area contributed by atoms with Gasteiger partial charge >= 0.3 is 0 Å². The Kier molecular flexibility index (Phi) is 4.20. The van der Waals surface area contributed by atoms with Gasteiger partial charge in [-0.05, 0) is 54.5 Å². The molecule has 0 bridgehead atoms. The fourth-order valence-corrected chi connectivity index (χ4v) is 3.84. The molecule has 0 radical (unpaired) electrons. The van der Waals surface area contributed by atoms with Crippen molar-refractivity contribution in [3.05, 3.63) is 84.2 Å². The van der Waals surface area contributed by atoms with E-state index in [0.717, 1.165) is 33.6 Å². The standard InChI is InChI=1S/C24H21N3O3/c1-15(2)13-28-18-6-8-22-20(11-18)24(14-29-23(25)27-24)19-10-16(5-7-21(19)30-22)17-4-3-9-26-12-17/h3-12H,1,13-14H2,2H3,(H2,25,27). The molecule has 6 nitrogen and oxygen atoms in total. The zero-order valence-electron chi connectivity index (χ0n) is 16.6. The lowest BCUT2D eigenvalue weighted by atomic mass is 9.80. The Morgan fingerprint density at radius 1 is 1.13 bits per heavy atom. The van der Waals surface area contributed by atoms with Crippen LogP contribution in [0.4, 0.5) is 0 Å². The van der Waals surface area contributed by atoms with E-state index < -0.39 is 5.54 Å². The van der Waals surface area contributed by atoms with Crippen LogP contribution in [0.15, 0.2) is 78.1 Å². The molecule has 2 N–H and O–H groups in total. The molecular formula is C24H21N3O3. The summed E-state index contributed by atoms with van der Waals surface area (Å²) in [5.74, 6) is 2.15. The highest BCUT2D eigenvalue weighted by Crippen LogP contribution is 2.52. The van der Waals surface area contributed by atoms with Gasteiger partial charge in [-0.3, -0.25) is 4.98 Å². The van der Waals surface area contributed by atoms with E-state index in [9.17, 15) is 0 Å². The third-order valence-electron chi connectivity index (χ3n) is 5.25. The molecule has 0 amide bonds. The predicted molar refractivity (Wildman–Crippen MR) is 115 cm³/mol. The van der Waals surface area contributed by atoms with E-state index in [0.29, 0.717) is 24.7 Å².